The van der Waals surface area contributed by atoms with Gasteiger partial charge in [-0.05, 0) is 44.9 Å². The van der Waals surface area contributed by atoms with Crippen LogP contribution in [0.2, 0.25) is 0 Å². The largest absolute Gasteiger partial charge is 0.493 e. The van der Waals surface area contributed by atoms with Crippen LogP contribution in [0.1, 0.15) is 42.7 Å². The van der Waals surface area contributed by atoms with Crippen LogP contribution < -0.4 is 9.47 Å². The van der Waals surface area contributed by atoms with E-state index in [1.165, 1.54) is 9.91 Å². The van der Waals surface area contributed by atoms with Gasteiger partial charge in [-0.1, -0.05) is 0 Å². The number of ether oxygens (including phenoxy) is 2. The number of carbonyl (C=O) groups excluding carboxylic acids is 2. The molecule has 0 bridgehead atoms. The molecule has 3 heterocycles. The van der Waals surface area contributed by atoms with Crippen molar-refractivity contribution in [2.75, 3.05) is 27.3 Å². The number of hydrogen-bond donors (Lipinski definition) is 0. The Hall–Kier alpha value is -3.56. The van der Waals surface area contributed by atoms with Crippen molar-refractivity contribution < 1.29 is 27.8 Å². The molecule has 2 aliphatic rings. The number of nitrogens with zero attached hydrogens (tertiary/aromatic N) is 4. The van der Waals surface area contributed by atoms with Gasteiger partial charge in [-0.25, -0.2) is 18.8 Å². The third-order valence-electron chi connectivity index (χ3n) is 6.31. The third-order valence-corrected chi connectivity index (χ3v) is 6.31. The molecule has 34 heavy (non-hydrogen) atoms. The number of rotatable bonds is 5. The van der Waals surface area contributed by atoms with Gasteiger partial charge in [0, 0.05) is 24.7 Å². The quantitative estimate of drug-likeness (QED) is 0.667. The van der Waals surface area contributed by atoms with Crippen LogP contribution in [0, 0.1) is 17.0 Å². The minimum atomic E-state index is -0.993. The normalized spacial score (nSPS) is 18.2. The molecule has 2 amide bonds. The van der Waals surface area contributed by atoms with Crippen LogP contribution in [0.3, 0.4) is 0 Å². The maximum atomic E-state index is 14.0. The van der Waals surface area contributed by atoms with Crippen molar-refractivity contribution in [1.82, 2.24) is 14.9 Å². The lowest BCUT2D eigenvalue weighted by atomic mass is 9.83. The summed E-state index contributed by atoms with van der Waals surface area (Å²) in [6.07, 6.45) is 1.76. The van der Waals surface area contributed by atoms with Gasteiger partial charge < -0.3 is 14.4 Å². The van der Waals surface area contributed by atoms with Gasteiger partial charge in [-0.3, -0.25) is 9.59 Å². The van der Waals surface area contributed by atoms with Crippen LogP contribution in [-0.2, 0) is 4.79 Å². The Morgan fingerprint density at radius 2 is 1.76 bits per heavy atom. The minimum absolute atomic E-state index is 0.131. The zero-order valence-electron chi connectivity index (χ0n) is 19.5. The summed E-state index contributed by atoms with van der Waals surface area (Å²) in [5.41, 5.74) is 0.110. The highest BCUT2D eigenvalue weighted by Crippen LogP contribution is 2.37. The fourth-order valence-electron chi connectivity index (χ4n) is 4.35. The Bertz CT molecular complexity index is 1160. The molecule has 0 spiro atoms. The smallest absolute Gasteiger partial charge is 0.275 e. The second-order valence-electron chi connectivity index (χ2n) is 8.80. The van der Waals surface area contributed by atoms with E-state index in [-0.39, 0.29) is 11.9 Å². The van der Waals surface area contributed by atoms with Gasteiger partial charge in [0.1, 0.15) is 5.82 Å². The van der Waals surface area contributed by atoms with Crippen LogP contribution >= 0.6 is 0 Å². The highest BCUT2D eigenvalue weighted by Gasteiger charge is 2.47. The Morgan fingerprint density at radius 1 is 1.09 bits per heavy atom. The van der Waals surface area contributed by atoms with E-state index in [9.17, 15) is 18.4 Å². The Kier molecular flexibility index (Phi) is 6.24. The van der Waals surface area contributed by atoms with E-state index in [0.717, 1.165) is 11.8 Å². The molecule has 0 saturated carbocycles. The summed E-state index contributed by atoms with van der Waals surface area (Å²) in [6, 6.07) is 5.83. The van der Waals surface area contributed by atoms with Gasteiger partial charge in [-0.15, -0.1) is 0 Å². The molecule has 1 saturated heterocycles. The van der Waals surface area contributed by atoms with Gasteiger partial charge in [0.05, 0.1) is 37.6 Å². The van der Waals surface area contributed by atoms with Gasteiger partial charge >= 0.3 is 0 Å². The molecule has 180 valence electrons. The molecule has 4 rings (SSSR count). The molecule has 0 unspecified atom stereocenters. The van der Waals surface area contributed by atoms with Crippen molar-refractivity contribution >= 4 is 17.5 Å². The Balaban J connectivity index is 1.51. The molecule has 0 radical (unpaired) electrons. The molecule has 0 aliphatic carbocycles. The van der Waals surface area contributed by atoms with E-state index in [1.54, 1.807) is 26.4 Å². The van der Waals surface area contributed by atoms with Crippen LogP contribution in [0.25, 0.3) is 0 Å². The number of amides is 2. The number of piperidine rings is 1. The number of benzene rings is 1. The summed E-state index contributed by atoms with van der Waals surface area (Å²) in [6.45, 7) is 4.25. The fourth-order valence-corrected chi connectivity index (χ4v) is 4.35. The second kappa shape index (κ2) is 9.00. The van der Waals surface area contributed by atoms with Crippen LogP contribution in [-0.4, -0.2) is 65.8 Å². The lowest BCUT2D eigenvalue weighted by Crippen LogP contribution is -2.48. The van der Waals surface area contributed by atoms with E-state index in [4.69, 9.17) is 9.47 Å². The molecule has 0 atom stereocenters. The Morgan fingerprint density at radius 3 is 2.38 bits per heavy atom. The van der Waals surface area contributed by atoms with Gasteiger partial charge in [-0.2, -0.15) is 5.10 Å². The average Bonchev–Trinajstić information content (AvgIpc) is 3.07. The number of pyridine rings is 1. The zero-order valence-corrected chi connectivity index (χ0v) is 19.5. The predicted molar refractivity (Wildman–Crippen MR) is 120 cm³/mol. The van der Waals surface area contributed by atoms with Crippen molar-refractivity contribution in [3.05, 3.63) is 53.4 Å². The topological polar surface area (TPSA) is 84.3 Å². The standard InChI is InChI=1S/C24H26F2N4O4/c1-24(2)21(14-5-6-18(33-3)19(11-14)34-4)28-30(23(24)32)16-7-9-29(10-8-16)22(31)20-17(26)12-15(25)13-27-20/h5-6,11-13,16H,7-10H2,1-4H3. The van der Waals surface area contributed by atoms with Crippen LogP contribution in [0.5, 0.6) is 11.5 Å². The molecule has 1 aromatic heterocycles. The maximum Gasteiger partial charge on any atom is 0.275 e. The molecule has 10 heteroatoms. The predicted octanol–water partition coefficient (Wildman–Crippen LogP) is 3.25. The molecule has 2 aromatic rings. The van der Waals surface area contributed by atoms with Crippen molar-refractivity contribution in [3.63, 3.8) is 0 Å². The van der Waals surface area contributed by atoms with Crippen molar-refractivity contribution in [2.45, 2.75) is 32.7 Å². The van der Waals surface area contributed by atoms with Crippen LogP contribution in [0.15, 0.2) is 35.6 Å². The molecular weight excluding hydrogens is 446 g/mol. The number of halogens is 2. The molecule has 1 aromatic carbocycles. The lowest BCUT2D eigenvalue weighted by Gasteiger charge is -2.35. The van der Waals surface area contributed by atoms with Gasteiger partial charge in [0.25, 0.3) is 11.8 Å². The summed E-state index contributed by atoms with van der Waals surface area (Å²) >= 11 is 0. The van der Waals surface area contributed by atoms with E-state index in [0.29, 0.717) is 49.2 Å². The first-order valence-corrected chi connectivity index (χ1v) is 10.9. The average molecular weight is 472 g/mol. The van der Waals surface area contributed by atoms with Crippen molar-refractivity contribution in [1.29, 1.82) is 0 Å². The molecule has 1 fully saturated rings. The molecule has 0 N–H and O–H groups in total. The highest BCUT2D eigenvalue weighted by molar-refractivity contribution is 6.19. The van der Waals surface area contributed by atoms with E-state index in [2.05, 4.69) is 10.1 Å². The van der Waals surface area contributed by atoms with Crippen molar-refractivity contribution in [3.8, 4) is 11.5 Å². The van der Waals surface area contributed by atoms with E-state index < -0.39 is 28.7 Å². The number of hydrazone groups is 1. The zero-order chi connectivity index (χ0) is 24.6. The summed E-state index contributed by atoms with van der Waals surface area (Å²) in [4.78, 5) is 31.0. The summed E-state index contributed by atoms with van der Waals surface area (Å²) < 4.78 is 37.8. The third kappa shape index (κ3) is 4.08. The first kappa shape index (κ1) is 23.6. The first-order chi connectivity index (χ1) is 16.2. The van der Waals surface area contributed by atoms with Crippen molar-refractivity contribution in [2.24, 2.45) is 10.5 Å². The van der Waals surface area contributed by atoms with Gasteiger partial charge in [0.15, 0.2) is 23.0 Å². The molecule has 2 aliphatic heterocycles. The summed E-state index contributed by atoms with van der Waals surface area (Å²) in [5, 5.41) is 6.19. The molecular formula is C24H26F2N4O4. The fraction of sp³-hybridized carbons (Fsp3) is 0.417. The summed E-state index contributed by atoms with van der Waals surface area (Å²) in [5.74, 6) is -1.45. The minimum Gasteiger partial charge on any atom is -0.493 e. The van der Waals surface area contributed by atoms with E-state index >= 15 is 0 Å². The SMILES string of the molecule is COc1ccc(C2=NN(C3CCN(C(=O)c4ncc(F)cc4F)CC3)C(=O)C2(C)C)cc1OC. The van der Waals surface area contributed by atoms with E-state index in [1.807, 2.05) is 19.9 Å². The lowest BCUT2D eigenvalue weighted by molar-refractivity contribution is -0.137. The second-order valence-corrected chi connectivity index (χ2v) is 8.80. The molecule has 8 nitrogen and oxygen atoms in total. The summed E-state index contributed by atoms with van der Waals surface area (Å²) in [7, 11) is 3.10. The number of hydrogen-bond acceptors (Lipinski definition) is 6. The monoisotopic (exact) mass is 472 g/mol. The van der Waals surface area contributed by atoms with Gasteiger partial charge in [0.2, 0.25) is 0 Å². The first-order valence-electron chi connectivity index (χ1n) is 10.9. The number of likely N-dealkylation sites (tertiary alicyclic amines) is 1. The maximum absolute atomic E-state index is 14.0. The Labute approximate surface area is 196 Å². The van der Waals surface area contributed by atoms with Crippen LogP contribution in [0.4, 0.5) is 8.78 Å². The highest BCUT2D eigenvalue weighted by atomic mass is 19.1. The number of methoxy groups -OCH3 is 2. The number of carbonyl (C=O) groups is 2. The number of aromatic nitrogens is 1.